The number of amides is 8. The summed E-state index contributed by atoms with van der Waals surface area (Å²) >= 11 is 1.34. The zero-order chi connectivity index (χ0) is 66.5. The Morgan fingerprint density at radius 3 is 1.98 bits per heavy atom. The van der Waals surface area contributed by atoms with Crippen LogP contribution < -0.4 is 41.2 Å². The lowest BCUT2D eigenvalue weighted by molar-refractivity contribution is -0.433. The van der Waals surface area contributed by atoms with Gasteiger partial charge in [-0.3, -0.25) is 38.4 Å². The Hall–Kier alpha value is -8.45. The van der Waals surface area contributed by atoms with Crippen molar-refractivity contribution in [3.63, 3.8) is 0 Å². The average molecular weight is 1320 g/mol. The van der Waals surface area contributed by atoms with E-state index in [0.29, 0.717) is 34.5 Å². The fraction of sp³-hybridized carbons (Fsp3) is 0.424. The van der Waals surface area contributed by atoms with E-state index in [1.807, 2.05) is 48.5 Å². The normalized spacial score (nSPS) is 24.6. The third-order valence-electron chi connectivity index (χ3n) is 15.5. The molecule has 1 aromatic heterocycles. The van der Waals surface area contributed by atoms with Gasteiger partial charge in [-0.2, -0.15) is 0 Å². The number of rotatable bonds is 20. The number of carbonyl (C=O) groups is 8. The van der Waals surface area contributed by atoms with Crippen LogP contribution in [0.2, 0.25) is 0 Å². The number of hydrogen-bond donors (Lipinski definition) is 14. The molecule has 494 valence electrons. The van der Waals surface area contributed by atoms with Crippen LogP contribution in [-0.4, -0.2) is 221 Å². The molecule has 33 heteroatoms. The minimum Gasteiger partial charge on any atom is -0.504 e. The maximum Gasteiger partial charge on any atom is 0.261 e. The highest BCUT2D eigenvalue weighted by Crippen LogP contribution is 2.34. The summed E-state index contributed by atoms with van der Waals surface area (Å²) in [5.41, 5.74) is 8.78. The summed E-state index contributed by atoms with van der Waals surface area (Å²) in [5, 5.41) is 112. The number of nitrogens with one attached hydrogen (secondary N) is 5. The van der Waals surface area contributed by atoms with Crippen LogP contribution in [0.4, 0.5) is 0 Å². The topological polar surface area (TPSA) is 463 Å². The van der Waals surface area contributed by atoms with Crippen molar-refractivity contribution < 1.29 is 102 Å². The molecule has 31 nitrogen and oxygen atoms in total. The van der Waals surface area contributed by atoms with Crippen LogP contribution in [0, 0.1) is 5.92 Å². The van der Waals surface area contributed by atoms with E-state index in [1.54, 1.807) is 19.2 Å². The molecule has 3 aliphatic heterocycles. The van der Waals surface area contributed by atoms with Gasteiger partial charge in [0, 0.05) is 68.6 Å². The Bertz CT molecular complexity index is 3420. The molecular weight excluding hydrogens is 1250 g/mol. The van der Waals surface area contributed by atoms with Gasteiger partial charge in [0.2, 0.25) is 41.4 Å². The zero-order valence-electron chi connectivity index (χ0n) is 49.6. The molecule has 0 bridgehead atoms. The van der Waals surface area contributed by atoms with Crippen LogP contribution in [0.5, 0.6) is 17.2 Å². The SMILES string of the molecule is COCCOc1ccc(-c2ccc(-c3nnc(-c4ccc(C(=O)NC5CC(O)CNC(=O)C6C(O)C(C)CN6C(=O)C(C(O)CC(N)=O)NC(=O)C(C(O)Cc6ccc(O)c(OSOOO)c6)NC(=O)C6CC(O)CN6C(=O)C(C(C)O)NC5=O)cc4)s3)cc2)cc1. The minimum atomic E-state index is -2.22. The molecule has 0 saturated carbocycles. The molecular formula is C59H70N10O21S2. The van der Waals surface area contributed by atoms with Gasteiger partial charge in [0.05, 0.1) is 49.7 Å². The highest BCUT2D eigenvalue weighted by Gasteiger charge is 2.50. The fourth-order valence-electron chi connectivity index (χ4n) is 10.7. The van der Waals surface area contributed by atoms with E-state index in [4.69, 9.17) is 24.6 Å². The molecule has 13 atom stereocenters. The van der Waals surface area contributed by atoms with Crippen molar-refractivity contribution in [1.29, 1.82) is 0 Å². The first-order valence-corrected chi connectivity index (χ1v) is 30.3. The van der Waals surface area contributed by atoms with Crippen molar-refractivity contribution in [2.75, 3.05) is 40.0 Å². The van der Waals surface area contributed by atoms with Crippen LogP contribution in [0.15, 0.2) is 91.0 Å². The lowest BCUT2D eigenvalue weighted by atomic mass is 9.98. The molecule has 3 aliphatic rings. The van der Waals surface area contributed by atoms with Crippen molar-refractivity contribution in [2.45, 2.75) is 112 Å². The molecule has 4 heterocycles. The number of carbonyl (C=O) groups excluding carboxylic acids is 8. The Balaban J connectivity index is 1.06. The highest BCUT2D eigenvalue weighted by molar-refractivity contribution is 7.90. The molecule has 15 N–H and O–H groups in total. The number of nitrogens with zero attached hydrogens (tertiary/aromatic N) is 4. The monoisotopic (exact) mass is 1320 g/mol. The molecule has 5 aromatic rings. The van der Waals surface area contributed by atoms with Gasteiger partial charge in [-0.15, -0.1) is 10.2 Å². The second-order valence-electron chi connectivity index (χ2n) is 22.2. The molecule has 13 unspecified atom stereocenters. The van der Waals surface area contributed by atoms with Crippen LogP contribution in [-0.2, 0) is 54.1 Å². The van der Waals surface area contributed by atoms with E-state index >= 15 is 0 Å². The van der Waals surface area contributed by atoms with E-state index in [2.05, 4.69) is 46.2 Å². The number of fused-ring (bicyclic) bond motifs is 2. The number of hydrogen-bond acceptors (Lipinski definition) is 25. The Labute approximate surface area is 533 Å². The third-order valence-corrected chi connectivity index (χ3v) is 16.9. The first-order chi connectivity index (χ1) is 43.9. The van der Waals surface area contributed by atoms with Crippen molar-refractivity contribution in [3.05, 3.63) is 102 Å². The number of benzene rings is 4. The number of aromatic hydroxyl groups is 1. The summed E-state index contributed by atoms with van der Waals surface area (Å²) in [6, 6.07) is 13.2. The first kappa shape index (κ1) is 69.4. The summed E-state index contributed by atoms with van der Waals surface area (Å²) in [7, 11) is 1.60. The quantitative estimate of drug-likeness (QED) is 0.0182. The van der Waals surface area contributed by atoms with E-state index in [-0.39, 0.29) is 29.2 Å². The van der Waals surface area contributed by atoms with E-state index in [0.717, 1.165) is 45.5 Å². The minimum absolute atomic E-state index is 0.00443. The predicted octanol–water partition coefficient (Wildman–Crippen LogP) is -1.54. The number of phenolic OH excluding ortho intramolecular Hbond substituents is 1. The van der Waals surface area contributed by atoms with Crippen molar-refractivity contribution >= 4 is 70.9 Å². The molecule has 8 rings (SSSR count). The summed E-state index contributed by atoms with van der Waals surface area (Å²) in [6.45, 7) is 1.73. The number of β-amino-alcohol motifs (C(OH)–C–C–N with tert-alkyl or cyclic N) is 1. The average Bonchev–Trinajstić information content (AvgIpc) is 1.63. The molecule has 92 heavy (non-hydrogen) atoms. The van der Waals surface area contributed by atoms with Crippen molar-refractivity contribution in [1.82, 2.24) is 46.6 Å². The molecule has 3 fully saturated rings. The van der Waals surface area contributed by atoms with Gasteiger partial charge < -0.3 is 91.5 Å². The standard InChI is InChI=1S/C59H70N10O21S2/c1-28-26-69-49(50(28)77)55(82)61-25-36(71)22-39(62-51(78)33-7-11-35(12-8-33)57-67-66-56(91-57)34-9-5-31(6-10-34)32-13-15-38(16-14-32)87-19-18-86-3)52(79)63-46(29(2)70)58(83)68-27-37(72)23-40(68)53(80)64-47(54(81)65-48(59(69)84)43(75)24-45(60)76)42(74)20-30-4-17-41(73)44(21-30)88-92-90-89-85/h4-17,21,28-29,36-37,39-40,42-43,46-50,70-75,77,85H,18-20,22-27H2,1-3H3,(H2,60,76)(H,61,82)(H,62,78)(H,63,79)(H,64,80)(H,65,81). The largest absolute Gasteiger partial charge is 0.504 e. The molecule has 0 aliphatic carbocycles. The third kappa shape index (κ3) is 17.4. The van der Waals surface area contributed by atoms with Gasteiger partial charge in [0.1, 0.15) is 58.6 Å². The molecule has 4 aromatic carbocycles. The van der Waals surface area contributed by atoms with Gasteiger partial charge in [0.25, 0.3) is 18.2 Å². The maximum atomic E-state index is 14.7. The molecule has 0 radical (unpaired) electrons. The van der Waals surface area contributed by atoms with Crippen LogP contribution >= 0.6 is 23.7 Å². The van der Waals surface area contributed by atoms with E-state index in [9.17, 15) is 74.1 Å². The molecule has 0 spiro atoms. The van der Waals surface area contributed by atoms with Crippen LogP contribution in [0.3, 0.4) is 0 Å². The summed E-state index contributed by atoms with van der Waals surface area (Å²) in [5.74, 6) is -10.4. The molecule has 3 saturated heterocycles. The number of nitrogens with two attached hydrogens (primary N) is 1. The summed E-state index contributed by atoms with van der Waals surface area (Å²) in [4.78, 5) is 115. The number of methoxy groups -OCH3 is 1. The fourth-order valence-corrected chi connectivity index (χ4v) is 11.8. The number of aliphatic hydroxyl groups excluding tert-OH is 6. The van der Waals surface area contributed by atoms with Gasteiger partial charge in [-0.1, -0.05) is 82.2 Å². The number of primary amides is 1. The summed E-state index contributed by atoms with van der Waals surface area (Å²) < 4.78 is 20.0. The second-order valence-corrected chi connectivity index (χ2v) is 23.6. The number of phenols is 1. The second kappa shape index (κ2) is 31.7. The lowest BCUT2D eigenvalue weighted by Crippen LogP contribution is -2.64. The van der Waals surface area contributed by atoms with Gasteiger partial charge >= 0.3 is 0 Å². The maximum absolute atomic E-state index is 14.7. The number of aromatic nitrogens is 2. The predicted molar refractivity (Wildman–Crippen MR) is 323 cm³/mol. The van der Waals surface area contributed by atoms with E-state index in [1.165, 1.54) is 36.5 Å². The van der Waals surface area contributed by atoms with Crippen LogP contribution in [0.1, 0.15) is 49.0 Å². The zero-order valence-corrected chi connectivity index (χ0v) is 51.2. The lowest BCUT2D eigenvalue weighted by Gasteiger charge is -2.33. The van der Waals surface area contributed by atoms with E-state index < -0.39 is 177 Å². The van der Waals surface area contributed by atoms with Crippen LogP contribution in [0.25, 0.3) is 32.3 Å². The Kier molecular flexibility index (Phi) is 23.9. The Morgan fingerprint density at radius 1 is 0.739 bits per heavy atom. The van der Waals surface area contributed by atoms with Gasteiger partial charge in [0.15, 0.2) is 11.5 Å². The number of aliphatic hydroxyl groups is 6. The molecule has 8 amide bonds. The first-order valence-electron chi connectivity index (χ1n) is 28.8. The van der Waals surface area contributed by atoms with Crippen molar-refractivity contribution in [3.8, 4) is 49.5 Å². The van der Waals surface area contributed by atoms with Gasteiger partial charge in [-0.05, 0) is 60.0 Å². The Morgan fingerprint density at radius 2 is 1.35 bits per heavy atom. The highest BCUT2D eigenvalue weighted by atomic mass is 32.2. The van der Waals surface area contributed by atoms with Crippen molar-refractivity contribution in [2.24, 2.45) is 11.7 Å². The summed E-state index contributed by atoms with van der Waals surface area (Å²) in [6.07, 6.45) is -13.7. The number of ether oxygens (including phenoxy) is 2. The van der Waals surface area contributed by atoms with Gasteiger partial charge in [-0.25, -0.2) is 5.26 Å². The smallest absolute Gasteiger partial charge is 0.261 e.